The fourth-order valence-corrected chi connectivity index (χ4v) is 3.80. The van der Waals surface area contributed by atoms with Gasteiger partial charge in [-0.25, -0.2) is 0 Å². The molecule has 2 heterocycles. The summed E-state index contributed by atoms with van der Waals surface area (Å²) < 4.78 is 0. The van der Waals surface area contributed by atoms with Gasteiger partial charge < -0.3 is 15.5 Å². The third-order valence-corrected chi connectivity index (χ3v) is 5.23. The van der Waals surface area contributed by atoms with E-state index < -0.39 is 0 Å². The number of carbonyl (C=O) groups is 2. The molecule has 0 bridgehead atoms. The first-order valence-corrected chi connectivity index (χ1v) is 8.96. The van der Waals surface area contributed by atoms with Crippen molar-refractivity contribution in [2.45, 2.75) is 45.2 Å². The van der Waals surface area contributed by atoms with Gasteiger partial charge in [-0.2, -0.15) is 0 Å². The minimum Gasteiger partial charge on any atom is -0.338 e. The first kappa shape index (κ1) is 19.7. The smallest absolute Gasteiger partial charge is 0.254 e. The normalized spacial score (nSPS) is 23.5. The highest BCUT2D eigenvalue weighted by atomic mass is 35.5. The van der Waals surface area contributed by atoms with Crippen LogP contribution < -0.4 is 5.73 Å². The van der Waals surface area contributed by atoms with E-state index in [9.17, 15) is 9.59 Å². The van der Waals surface area contributed by atoms with E-state index in [-0.39, 0.29) is 30.3 Å². The number of hydrogen-bond donors (Lipinski definition) is 1. The third kappa shape index (κ3) is 4.53. The maximum absolute atomic E-state index is 12.9. The molecule has 1 aromatic rings. The zero-order valence-electron chi connectivity index (χ0n) is 14.8. The predicted molar refractivity (Wildman–Crippen MR) is 101 cm³/mol. The van der Waals surface area contributed by atoms with Gasteiger partial charge in [-0.1, -0.05) is 19.1 Å². The van der Waals surface area contributed by atoms with Crippen molar-refractivity contribution in [3.05, 3.63) is 35.4 Å². The summed E-state index contributed by atoms with van der Waals surface area (Å²) in [5, 5.41) is 0. The average molecular weight is 366 g/mol. The number of nitrogens with two attached hydrogens (primary N) is 1. The number of carbonyl (C=O) groups excluding carboxylic acids is 2. The average Bonchev–Trinajstić information content (AvgIpc) is 2.99. The Balaban J connectivity index is 0.00000225. The molecule has 2 fully saturated rings. The zero-order chi connectivity index (χ0) is 17.1. The van der Waals surface area contributed by atoms with Gasteiger partial charge in [0.05, 0.1) is 0 Å². The van der Waals surface area contributed by atoms with E-state index in [1.165, 1.54) is 0 Å². The molecular weight excluding hydrogens is 338 g/mol. The van der Waals surface area contributed by atoms with E-state index in [0.29, 0.717) is 31.0 Å². The van der Waals surface area contributed by atoms with Crippen LogP contribution in [-0.2, 0) is 11.3 Å². The quantitative estimate of drug-likeness (QED) is 0.891. The number of nitrogens with zero attached hydrogens (tertiary/aromatic N) is 2. The zero-order valence-corrected chi connectivity index (χ0v) is 15.6. The molecule has 0 aromatic heterocycles. The van der Waals surface area contributed by atoms with Gasteiger partial charge in [0.1, 0.15) is 0 Å². The molecule has 2 aliphatic rings. The SMILES string of the molecule is CC1CCN(C(=O)c2cccc(CN3CCCC3=O)c2)C(CN)C1.Cl. The Morgan fingerprint density at radius 1 is 1.32 bits per heavy atom. The van der Waals surface area contributed by atoms with Crippen LogP contribution in [0.1, 0.15) is 48.5 Å². The molecule has 0 saturated carbocycles. The molecule has 138 valence electrons. The highest BCUT2D eigenvalue weighted by Gasteiger charge is 2.29. The molecule has 2 saturated heterocycles. The van der Waals surface area contributed by atoms with Crippen LogP contribution in [-0.4, -0.2) is 47.3 Å². The number of amides is 2. The van der Waals surface area contributed by atoms with Crippen LogP contribution in [0.2, 0.25) is 0 Å². The van der Waals surface area contributed by atoms with Crippen molar-refractivity contribution in [2.24, 2.45) is 11.7 Å². The first-order valence-electron chi connectivity index (χ1n) is 8.96. The van der Waals surface area contributed by atoms with Gasteiger partial charge >= 0.3 is 0 Å². The van der Waals surface area contributed by atoms with E-state index in [4.69, 9.17) is 5.73 Å². The van der Waals surface area contributed by atoms with Crippen molar-refractivity contribution in [3.63, 3.8) is 0 Å². The summed E-state index contributed by atoms with van der Waals surface area (Å²) in [7, 11) is 0. The molecule has 2 unspecified atom stereocenters. The van der Waals surface area contributed by atoms with Crippen LogP contribution in [0.5, 0.6) is 0 Å². The second-order valence-electron chi connectivity index (χ2n) is 7.14. The lowest BCUT2D eigenvalue weighted by atomic mass is 9.91. The van der Waals surface area contributed by atoms with Gasteiger partial charge in [-0.05, 0) is 42.9 Å². The van der Waals surface area contributed by atoms with Gasteiger partial charge in [-0.3, -0.25) is 9.59 Å². The Bertz CT molecular complexity index is 622. The van der Waals surface area contributed by atoms with Crippen molar-refractivity contribution in [1.82, 2.24) is 9.80 Å². The highest BCUT2D eigenvalue weighted by Crippen LogP contribution is 2.24. The molecule has 0 aliphatic carbocycles. The summed E-state index contributed by atoms with van der Waals surface area (Å²) in [6, 6.07) is 7.82. The van der Waals surface area contributed by atoms with Crippen molar-refractivity contribution in [1.29, 1.82) is 0 Å². The van der Waals surface area contributed by atoms with Gasteiger partial charge in [0.2, 0.25) is 5.91 Å². The van der Waals surface area contributed by atoms with Gasteiger partial charge in [0.25, 0.3) is 5.91 Å². The molecule has 2 atom stereocenters. The molecule has 2 N–H and O–H groups in total. The number of halogens is 1. The molecule has 0 radical (unpaired) electrons. The minimum atomic E-state index is 0. The fraction of sp³-hybridized carbons (Fsp3) is 0.579. The van der Waals surface area contributed by atoms with Crippen LogP contribution in [0.4, 0.5) is 0 Å². The van der Waals surface area contributed by atoms with Gasteiger partial charge in [0, 0.05) is 44.2 Å². The molecule has 1 aromatic carbocycles. The summed E-state index contributed by atoms with van der Waals surface area (Å²) in [5.41, 5.74) is 7.61. The lowest BCUT2D eigenvalue weighted by molar-refractivity contribution is -0.128. The summed E-state index contributed by atoms with van der Waals surface area (Å²) >= 11 is 0. The van der Waals surface area contributed by atoms with Crippen molar-refractivity contribution < 1.29 is 9.59 Å². The topological polar surface area (TPSA) is 66.6 Å². The van der Waals surface area contributed by atoms with Gasteiger partial charge in [0.15, 0.2) is 0 Å². The Morgan fingerprint density at radius 3 is 2.80 bits per heavy atom. The van der Waals surface area contributed by atoms with Crippen LogP contribution in [0, 0.1) is 5.92 Å². The summed E-state index contributed by atoms with van der Waals surface area (Å²) in [5.74, 6) is 0.891. The van der Waals surface area contributed by atoms with Crippen LogP contribution in [0.25, 0.3) is 0 Å². The third-order valence-electron chi connectivity index (χ3n) is 5.23. The maximum Gasteiger partial charge on any atom is 0.254 e. The largest absolute Gasteiger partial charge is 0.338 e. The maximum atomic E-state index is 12.9. The Morgan fingerprint density at radius 2 is 2.12 bits per heavy atom. The predicted octanol–water partition coefficient (Wildman–Crippen LogP) is 2.43. The number of piperidine rings is 1. The first-order chi connectivity index (χ1) is 11.6. The highest BCUT2D eigenvalue weighted by molar-refractivity contribution is 5.94. The van der Waals surface area contributed by atoms with Crippen molar-refractivity contribution >= 4 is 24.2 Å². The standard InChI is InChI=1S/C19H27N3O2.ClH/c1-14-7-9-22(17(10-14)12-20)19(24)16-5-2-4-15(11-16)13-21-8-3-6-18(21)23;/h2,4-5,11,14,17H,3,6-10,12-13,20H2,1H3;1H. The second kappa shape index (κ2) is 8.68. The molecule has 3 rings (SSSR count). The number of rotatable bonds is 4. The summed E-state index contributed by atoms with van der Waals surface area (Å²) in [4.78, 5) is 28.5. The van der Waals surface area contributed by atoms with Crippen LogP contribution in [0.3, 0.4) is 0 Å². The van der Waals surface area contributed by atoms with Crippen LogP contribution in [0.15, 0.2) is 24.3 Å². The Labute approximate surface area is 155 Å². The fourth-order valence-electron chi connectivity index (χ4n) is 3.80. The number of benzene rings is 1. The minimum absolute atomic E-state index is 0. The molecule has 2 aliphatic heterocycles. The van der Waals surface area contributed by atoms with Crippen molar-refractivity contribution in [3.8, 4) is 0 Å². The van der Waals surface area contributed by atoms with E-state index in [0.717, 1.165) is 37.9 Å². The van der Waals surface area contributed by atoms with E-state index in [1.54, 1.807) is 0 Å². The molecular formula is C19H28ClN3O2. The molecule has 6 heteroatoms. The van der Waals surface area contributed by atoms with E-state index in [2.05, 4.69) is 6.92 Å². The summed E-state index contributed by atoms with van der Waals surface area (Å²) in [6.07, 6.45) is 3.58. The van der Waals surface area contributed by atoms with E-state index >= 15 is 0 Å². The monoisotopic (exact) mass is 365 g/mol. The number of hydrogen-bond acceptors (Lipinski definition) is 3. The molecule has 0 spiro atoms. The van der Waals surface area contributed by atoms with E-state index in [1.807, 2.05) is 34.1 Å². The molecule has 25 heavy (non-hydrogen) atoms. The second-order valence-corrected chi connectivity index (χ2v) is 7.14. The van der Waals surface area contributed by atoms with Crippen molar-refractivity contribution in [2.75, 3.05) is 19.6 Å². The lowest BCUT2D eigenvalue weighted by Gasteiger charge is -2.38. The Kier molecular flexibility index (Phi) is 6.85. The van der Waals surface area contributed by atoms with Crippen LogP contribution >= 0.6 is 12.4 Å². The lowest BCUT2D eigenvalue weighted by Crippen LogP contribution is -2.49. The molecule has 5 nitrogen and oxygen atoms in total. The van der Waals surface area contributed by atoms with Gasteiger partial charge in [-0.15, -0.1) is 12.4 Å². The number of likely N-dealkylation sites (tertiary alicyclic amines) is 2. The summed E-state index contributed by atoms with van der Waals surface area (Å²) in [6.45, 7) is 4.92. The molecule has 2 amide bonds. The Hall–Kier alpha value is -1.59.